The van der Waals surface area contributed by atoms with Crippen molar-refractivity contribution in [2.75, 3.05) is 19.0 Å². The van der Waals surface area contributed by atoms with Crippen LogP contribution in [0.3, 0.4) is 0 Å². The van der Waals surface area contributed by atoms with E-state index in [9.17, 15) is 19.5 Å². The average Bonchev–Trinajstić information content (AvgIpc) is 3.30. The molecule has 0 saturated heterocycles. The number of hydrogen-bond donors (Lipinski definition) is 3. The molecule has 1 heterocycles. The molecule has 3 rings (SSSR count). The zero-order valence-corrected chi connectivity index (χ0v) is 17.3. The lowest BCUT2D eigenvalue weighted by Crippen LogP contribution is -2.32. The Bertz CT molecular complexity index is 1010. The number of hydrogen-bond acceptors (Lipinski definition) is 8. The highest BCUT2D eigenvalue weighted by Gasteiger charge is 2.29. The Balaban J connectivity index is 1.65. The van der Waals surface area contributed by atoms with E-state index in [-0.39, 0.29) is 11.5 Å². The number of thiophene rings is 1. The summed E-state index contributed by atoms with van der Waals surface area (Å²) >= 11 is 1.28. The second-order valence-corrected chi connectivity index (χ2v) is 7.47. The van der Waals surface area contributed by atoms with Crippen molar-refractivity contribution in [3.05, 3.63) is 39.8 Å². The Labute approximate surface area is 176 Å². The maximum absolute atomic E-state index is 12.2. The van der Waals surface area contributed by atoms with Crippen molar-refractivity contribution < 1.29 is 29.0 Å². The number of phenols is 1. The Morgan fingerprint density at radius 1 is 1.27 bits per heavy atom. The summed E-state index contributed by atoms with van der Waals surface area (Å²) in [5.74, 6) is -2.20. The van der Waals surface area contributed by atoms with E-state index in [0.29, 0.717) is 22.7 Å². The number of ether oxygens (including phenoxy) is 2. The van der Waals surface area contributed by atoms with Crippen LogP contribution in [0.4, 0.5) is 5.00 Å². The number of aryl methyl sites for hydroxylation is 1. The molecule has 0 fully saturated rings. The predicted molar refractivity (Wildman–Crippen MR) is 111 cm³/mol. The van der Waals surface area contributed by atoms with Crippen LogP contribution in [0.2, 0.25) is 0 Å². The Hall–Kier alpha value is -3.40. The Morgan fingerprint density at radius 3 is 2.80 bits per heavy atom. The van der Waals surface area contributed by atoms with Gasteiger partial charge in [0, 0.05) is 4.88 Å². The van der Waals surface area contributed by atoms with Gasteiger partial charge in [-0.3, -0.25) is 9.59 Å². The van der Waals surface area contributed by atoms with E-state index in [2.05, 4.69) is 15.8 Å². The molecular formula is C20H21N3O6S. The van der Waals surface area contributed by atoms with Crippen LogP contribution in [-0.4, -0.2) is 42.8 Å². The molecule has 2 aromatic rings. The second-order valence-electron chi connectivity index (χ2n) is 6.37. The van der Waals surface area contributed by atoms with E-state index < -0.39 is 17.8 Å². The first-order valence-electron chi connectivity index (χ1n) is 9.27. The predicted octanol–water partition coefficient (Wildman–Crippen LogP) is 2.22. The van der Waals surface area contributed by atoms with E-state index in [4.69, 9.17) is 9.47 Å². The Kier molecular flexibility index (Phi) is 6.68. The maximum atomic E-state index is 12.2. The van der Waals surface area contributed by atoms with Gasteiger partial charge in [0.15, 0.2) is 11.5 Å². The molecule has 0 saturated carbocycles. The van der Waals surface area contributed by atoms with Gasteiger partial charge in [-0.25, -0.2) is 10.2 Å². The van der Waals surface area contributed by atoms with E-state index >= 15 is 0 Å². The minimum atomic E-state index is -0.987. The number of carbonyl (C=O) groups excluding carboxylic acids is 3. The summed E-state index contributed by atoms with van der Waals surface area (Å²) in [6.07, 6.45) is 3.81. The first-order valence-corrected chi connectivity index (χ1v) is 10.1. The lowest BCUT2D eigenvalue weighted by atomic mass is 10.1. The van der Waals surface area contributed by atoms with Gasteiger partial charge < -0.3 is 19.9 Å². The number of hydrazone groups is 1. The molecule has 2 amide bonds. The normalized spacial score (nSPS) is 12.5. The van der Waals surface area contributed by atoms with Crippen LogP contribution >= 0.6 is 11.3 Å². The molecule has 0 unspecified atom stereocenters. The summed E-state index contributed by atoms with van der Waals surface area (Å²) in [6.45, 7) is 2.16. The largest absolute Gasteiger partial charge is 0.504 e. The van der Waals surface area contributed by atoms with Crippen molar-refractivity contribution in [1.29, 1.82) is 0 Å². The van der Waals surface area contributed by atoms with Crippen LogP contribution < -0.4 is 15.5 Å². The van der Waals surface area contributed by atoms with Gasteiger partial charge in [-0.1, -0.05) is 0 Å². The molecule has 0 atom stereocenters. The summed E-state index contributed by atoms with van der Waals surface area (Å²) in [7, 11) is 1.27. The first-order chi connectivity index (χ1) is 14.4. The fourth-order valence-electron chi connectivity index (χ4n) is 3.07. The highest BCUT2D eigenvalue weighted by atomic mass is 32.1. The second kappa shape index (κ2) is 9.40. The van der Waals surface area contributed by atoms with E-state index in [0.717, 1.165) is 29.7 Å². The van der Waals surface area contributed by atoms with E-state index in [1.807, 2.05) is 0 Å². The van der Waals surface area contributed by atoms with Crippen LogP contribution in [-0.2, 0) is 27.2 Å². The molecule has 9 nitrogen and oxygen atoms in total. The molecule has 3 N–H and O–H groups in total. The van der Waals surface area contributed by atoms with Crippen molar-refractivity contribution in [2.24, 2.45) is 5.10 Å². The topological polar surface area (TPSA) is 126 Å². The number of carbonyl (C=O) groups is 3. The van der Waals surface area contributed by atoms with Crippen molar-refractivity contribution in [3.8, 4) is 11.5 Å². The zero-order chi connectivity index (χ0) is 21.7. The SMILES string of the molecule is CCOc1cc(C=NNC(=O)C(=O)Nc2sc3c(c2C(=O)OC)CCC3)ccc1O. The fraction of sp³-hybridized carbons (Fsp3) is 0.300. The summed E-state index contributed by atoms with van der Waals surface area (Å²) < 4.78 is 10.1. The molecule has 0 bridgehead atoms. The number of amides is 2. The molecule has 0 spiro atoms. The van der Waals surface area contributed by atoms with Gasteiger partial charge in [0.05, 0.1) is 25.5 Å². The smallest absolute Gasteiger partial charge is 0.341 e. The van der Waals surface area contributed by atoms with Gasteiger partial charge in [-0.05, 0) is 55.5 Å². The number of nitrogens with zero attached hydrogens (tertiary/aromatic N) is 1. The molecule has 158 valence electrons. The minimum absolute atomic E-state index is 0.0123. The number of esters is 1. The summed E-state index contributed by atoms with van der Waals surface area (Å²) in [4.78, 5) is 37.4. The number of rotatable bonds is 6. The fourth-order valence-corrected chi connectivity index (χ4v) is 4.34. The summed E-state index contributed by atoms with van der Waals surface area (Å²) in [5, 5.41) is 16.2. The van der Waals surface area contributed by atoms with Crippen molar-refractivity contribution >= 4 is 40.3 Å². The molecular weight excluding hydrogens is 410 g/mol. The van der Waals surface area contributed by atoms with Crippen LogP contribution in [0.1, 0.15) is 39.7 Å². The number of fused-ring (bicyclic) bond motifs is 1. The minimum Gasteiger partial charge on any atom is -0.504 e. The van der Waals surface area contributed by atoms with Gasteiger partial charge in [0.2, 0.25) is 0 Å². The first kappa shape index (κ1) is 21.3. The third-order valence-electron chi connectivity index (χ3n) is 4.41. The van der Waals surface area contributed by atoms with Crippen molar-refractivity contribution in [2.45, 2.75) is 26.2 Å². The van der Waals surface area contributed by atoms with Crippen molar-refractivity contribution in [3.63, 3.8) is 0 Å². The molecule has 1 aliphatic rings. The number of nitrogens with one attached hydrogen (secondary N) is 2. The zero-order valence-electron chi connectivity index (χ0n) is 16.5. The maximum Gasteiger partial charge on any atom is 0.341 e. The standard InChI is InChI=1S/C20H21N3O6S/c1-3-29-14-9-11(7-8-13(14)24)10-21-23-18(26)17(25)22-19-16(20(27)28-2)12-5-4-6-15(12)30-19/h7-10,24H,3-6H2,1-2H3,(H,22,25)(H,23,26). The molecule has 10 heteroatoms. The Morgan fingerprint density at radius 2 is 2.07 bits per heavy atom. The highest BCUT2D eigenvalue weighted by molar-refractivity contribution is 7.17. The quantitative estimate of drug-likeness (QED) is 0.279. The third-order valence-corrected chi connectivity index (χ3v) is 5.61. The molecule has 1 aliphatic carbocycles. The lowest BCUT2D eigenvalue weighted by molar-refractivity contribution is -0.136. The summed E-state index contributed by atoms with van der Waals surface area (Å²) in [6, 6.07) is 4.55. The number of phenolic OH excluding ortho intramolecular Hbond substituents is 1. The third kappa shape index (κ3) is 4.60. The molecule has 1 aromatic carbocycles. The van der Waals surface area contributed by atoms with Crippen LogP contribution in [0.5, 0.6) is 11.5 Å². The molecule has 1 aromatic heterocycles. The van der Waals surface area contributed by atoms with Gasteiger partial charge >= 0.3 is 17.8 Å². The summed E-state index contributed by atoms with van der Waals surface area (Å²) in [5.41, 5.74) is 3.87. The van der Waals surface area contributed by atoms with E-state index in [1.54, 1.807) is 19.1 Å². The average molecular weight is 431 g/mol. The van der Waals surface area contributed by atoms with Crippen LogP contribution in [0, 0.1) is 0 Å². The molecule has 0 radical (unpaired) electrons. The molecule has 0 aliphatic heterocycles. The molecule has 30 heavy (non-hydrogen) atoms. The van der Waals surface area contributed by atoms with Gasteiger partial charge in [0.25, 0.3) is 0 Å². The number of aromatic hydroxyl groups is 1. The number of anilines is 1. The van der Waals surface area contributed by atoms with Gasteiger partial charge in [-0.15, -0.1) is 11.3 Å². The van der Waals surface area contributed by atoms with Crippen LogP contribution in [0.15, 0.2) is 23.3 Å². The van der Waals surface area contributed by atoms with Crippen LogP contribution in [0.25, 0.3) is 0 Å². The number of benzene rings is 1. The van der Waals surface area contributed by atoms with E-state index in [1.165, 1.54) is 30.7 Å². The lowest BCUT2D eigenvalue weighted by Gasteiger charge is -2.06. The highest BCUT2D eigenvalue weighted by Crippen LogP contribution is 2.39. The van der Waals surface area contributed by atoms with Gasteiger partial charge in [0.1, 0.15) is 5.00 Å². The van der Waals surface area contributed by atoms with Gasteiger partial charge in [-0.2, -0.15) is 5.10 Å². The number of methoxy groups -OCH3 is 1. The van der Waals surface area contributed by atoms with Crippen molar-refractivity contribution in [1.82, 2.24) is 5.43 Å². The monoisotopic (exact) mass is 431 g/mol.